The van der Waals surface area contributed by atoms with Crippen LogP contribution in [0, 0.1) is 11.3 Å². The number of amides is 1. The van der Waals surface area contributed by atoms with Crippen LogP contribution in [-0.2, 0) is 30.6 Å². The second-order valence-corrected chi connectivity index (χ2v) is 12.4. The van der Waals surface area contributed by atoms with Crippen LogP contribution < -0.4 is 14.5 Å². The first-order valence-electron chi connectivity index (χ1n) is 16.0. The summed E-state index contributed by atoms with van der Waals surface area (Å²) >= 11 is 0. The van der Waals surface area contributed by atoms with Crippen molar-refractivity contribution in [2.24, 2.45) is 0 Å². The number of aromatic nitrogens is 3. The highest BCUT2D eigenvalue weighted by Gasteiger charge is 2.34. The van der Waals surface area contributed by atoms with Crippen LogP contribution >= 0.6 is 0 Å². The quantitative estimate of drug-likeness (QED) is 0.340. The lowest BCUT2D eigenvalue weighted by Crippen LogP contribution is -2.55. The summed E-state index contributed by atoms with van der Waals surface area (Å²) in [6.45, 7) is 8.58. The molecule has 2 saturated heterocycles. The Kier molecular flexibility index (Phi) is 9.08. The van der Waals surface area contributed by atoms with Gasteiger partial charge in [0.25, 0.3) is 0 Å². The molecule has 3 aliphatic heterocycles. The number of hydrogen-bond acceptors (Lipinski definition) is 9. The minimum absolute atomic E-state index is 0.129. The minimum Gasteiger partial charge on any atom is -0.463 e. The lowest BCUT2D eigenvalue weighted by Gasteiger charge is -2.42. The van der Waals surface area contributed by atoms with Gasteiger partial charge in [0.05, 0.1) is 37.4 Å². The molecular formula is C33H44N8O2. The van der Waals surface area contributed by atoms with Crippen LogP contribution in [0.25, 0.3) is 0 Å². The third-order valence-corrected chi connectivity index (χ3v) is 9.75. The van der Waals surface area contributed by atoms with Gasteiger partial charge in [0, 0.05) is 44.0 Å². The molecule has 4 aliphatic rings. The Morgan fingerprint density at radius 1 is 1.05 bits per heavy atom. The summed E-state index contributed by atoms with van der Waals surface area (Å²) in [6, 6.07) is 5.20. The van der Waals surface area contributed by atoms with Crippen molar-refractivity contribution in [2.45, 2.75) is 82.8 Å². The summed E-state index contributed by atoms with van der Waals surface area (Å²) in [6.07, 6.45) is 13.7. The fourth-order valence-corrected chi connectivity index (χ4v) is 7.35. The molecule has 1 amide bonds. The van der Waals surface area contributed by atoms with Gasteiger partial charge in [-0.25, -0.2) is 4.98 Å². The molecular weight excluding hydrogens is 540 g/mol. The topological polar surface area (TPSA) is 102 Å². The van der Waals surface area contributed by atoms with Crippen molar-refractivity contribution in [2.75, 3.05) is 56.2 Å². The Balaban J connectivity index is 1.29. The third kappa shape index (κ3) is 6.32. The van der Waals surface area contributed by atoms with E-state index in [0.29, 0.717) is 44.8 Å². The molecule has 6 rings (SSSR count). The molecule has 0 unspecified atom stereocenters. The number of anilines is 2. The highest BCUT2D eigenvalue weighted by Crippen LogP contribution is 2.35. The summed E-state index contributed by atoms with van der Waals surface area (Å²) < 4.78 is 6.27. The van der Waals surface area contributed by atoms with E-state index in [1.807, 2.05) is 6.20 Å². The molecule has 0 N–H and O–H groups in total. The molecule has 0 bridgehead atoms. The molecule has 43 heavy (non-hydrogen) atoms. The lowest BCUT2D eigenvalue weighted by atomic mass is 10.0. The number of pyridine rings is 1. The smallest absolute Gasteiger partial charge is 0.318 e. The molecule has 0 saturated carbocycles. The Labute approximate surface area is 255 Å². The van der Waals surface area contributed by atoms with Crippen LogP contribution in [0.2, 0.25) is 0 Å². The zero-order valence-electron chi connectivity index (χ0n) is 25.5. The number of nitrogens with zero attached hydrogens (tertiary/aromatic N) is 8. The van der Waals surface area contributed by atoms with Gasteiger partial charge in [-0.1, -0.05) is 13.0 Å². The summed E-state index contributed by atoms with van der Waals surface area (Å²) in [5, 5.41) is 9.54. The summed E-state index contributed by atoms with van der Waals surface area (Å²) in [4.78, 5) is 36.2. The molecule has 5 heterocycles. The molecule has 2 fully saturated rings. The lowest BCUT2D eigenvalue weighted by molar-refractivity contribution is -0.128. The van der Waals surface area contributed by atoms with Crippen molar-refractivity contribution in [3.63, 3.8) is 0 Å². The van der Waals surface area contributed by atoms with Gasteiger partial charge in [0.15, 0.2) is 0 Å². The summed E-state index contributed by atoms with van der Waals surface area (Å²) in [5.74, 6) is 1.85. The SMILES string of the molecule is C=CC(=O)N1CCN(c2nc(OCC[C@@H]3CCCN3C)nc3c2CCN(c2nccc4c2CCCCC4)C3)C[C@@H]1CC#N. The average molecular weight is 585 g/mol. The third-order valence-electron chi connectivity index (χ3n) is 9.75. The first-order chi connectivity index (χ1) is 21.1. The van der Waals surface area contributed by atoms with E-state index in [4.69, 9.17) is 19.7 Å². The van der Waals surface area contributed by atoms with Crippen LogP contribution in [-0.4, -0.2) is 89.1 Å². The molecule has 228 valence electrons. The number of likely N-dealkylation sites (tertiary alicyclic amines) is 1. The fourth-order valence-electron chi connectivity index (χ4n) is 7.35. The zero-order valence-corrected chi connectivity index (χ0v) is 25.5. The van der Waals surface area contributed by atoms with Crippen LogP contribution in [0.4, 0.5) is 11.6 Å². The monoisotopic (exact) mass is 584 g/mol. The number of nitriles is 1. The van der Waals surface area contributed by atoms with Crippen LogP contribution in [0.1, 0.15) is 67.3 Å². The molecule has 2 aromatic heterocycles. The summed E-state index contributed by atoms with van der Waals surface area (Å²) in [5.41, 5.74) is 4.96. The molecule has 10 heteroatoms. The van der Waals surface area contributed by atoms with E-state index in [1.165, 1.54) is 49.3 Å². The number of hydrogen-bond donors (Lipinski definition) is 0. The van der Waals surface area contributed by atoms with Crippen LogP contribution in [0.3, 0.4) is 0 Å². The molecule has 10 nitrogen and oxygen atoms in total. The Morgan fingerprint density at radius 3 is 2.74 bits per heavy atom. The normalized spacial score (nSPS) is 22.4. The number of fused-ring (bicyclic) bond motifs is 2. The maximum Gasteiger partial charge on any atom is 0.318 e. The predicted octanol–water partition coefficient (Wildman–Crippen LogP) is 3.68. The van der Waals surface area contributed by atoms with Gasteiger partial charge in [-0.15, -0.1) is 0 Å². The molecule has 0 radical (unpaired) electrons. The molecule has 0 aromatic carbocycles. The predicted molar refractivity (Wildman–Crippen MR) is 166 cm³/mol. The average Bonchev–Trinajstić information content (AvgIpc) is 3.28. The fraction of sp³-hybridized carbons (Fsp3) is 0.606. The van der Waals surface area contributed by atoms with Crippen LogP contribution in [0.15, 0.2) is 24.9 Å². The van der Waals surface area contributed by atoms with Gasteiger partial charge < -0.3 is 24.3 Å². The van der Waals surface area contributed by atoms with Crippen LogP contribution in [0.5, 0.6) is 6.01 Å². The number of rotatable bonds is 8. The molecule has 0 spiro atoms. The van der Waals surface area contributed by atoms with Gasteiger partial charge in [0.1, 0.15) is 11.6 Å². The van der Waals surface area contributed by atoms with E-state index in [1.54, 1.807) is 4.90 Å². The van der Waals surface area contributed by atoms with E-state index in [2.05, 4.69) is 40.5 Å². The molecule has 2 atom stereocenters. The standard InChI is InChI=1S/C33H44N8O2/c1-3-30(42)41-20-19-40(22-26(41)11-15-34)32-28-13-18-39(31-27-10-6-4-5-8-24(27)12-16-35-31)23-29(28)36-33(37-32)43-21-14-25-9-7-17-38(25)2/h3,12,16,25-26H,1,4-11,13-14,17-23H2,2H3/t25-,26-/m0/s1. The number of ether oxygens (including phenoxy) is 1. The maximum absolute atomic E-state index is 12.5. The largest absolute Gasteiger partial charge is 0.463 e. The van der Waals surface area contributed by atoms with Gasteiger partial charge in [-0.3, -0.25) is 4.79 Å². The van der Waals surface area contributed by atoms with Crippen molar-refractivity contribution in [3.05, 3.63) is 47.3 Å². The van der Waals surface area contributed by atoms with Crippen molar-refractivity contribution in [1.29, 1.82) is 5.26 Å². The maximum atomic E-state index is 12.5. The van der Waals surface area contributed by atoms with Gasteiger partial charge in [-0.05, 0) is 88.2 Å². The first kappa shape index (κ1) is 29.4. The van der Waals surface area contributed by atoms with Gasteiger partial charge >= 0.3 is 6.01 Å². The molecule has 2 aromatic rings. The van der Waals surface area contributed by atoms with Gasteiger partial charge in [0.2, 0.25) is 5.91 Å². The summed E-state index contributed by atoms with van der Waals surface area (Å²) in [7, 11) is 2.19. The number of piperazine rings is 1. The Morgan fingerprint density at radius 2 is 1.93 bits per heavy atom. The van der Waals surface area contributed by atoms with Gasteiger partial charge in [-0.2, -0.15) is 15.2 Å². The van der Waals surface area contributed by atoms with Crippen molar-refractivity contribution < 1.29 is 9.53 Å². The minimum atomic E-state index is -0.221. The second-order valence-electron chi connectivity index (χ2n) is 12.4. The Bertz CT molecular complexity index is 1370. The molecule has 1 aliphatic carbocycles. The Hall–Kier alpha value is -3.71. The van der Waals surface area contributed by atoms with E-state index in [-0.39, 0.29) is 18.4 Å². The van der Waals surface area contributed by atoms with Crippen molar-refractivity contribution >= 4 is 17.5 Å². The number of carbonyl (C=O) groups excluding carboxylic acids is 1. The van der Waals surface area contributed by atoms with E-state index < -0.39 is 0 Å². The van der Waals surface area contributed by atoms with E-state index in [0.717, 1.165) is 61.7 Å². The number of aryl methyl sites for hydroxylation is 1. The second kappa shape index (κ2) is 13.3. The number of carbonyl (C=O) groups is 1. The van der Waals surface area contributed by atoms with E-state index >= 15 is 0 Å². The van der Waals surface area contributed by atoms with E-state index in [9.17, 15) is 10.1 Å². The first-order valence-corrected chi connectivity index (χ1v) is 16.0. The highest BCUT2D eigenvalue weighted by molar-refractivity contribution is 5.87. The van der Waals surface area contributed by atoms with Crippen molar-refractivity contribution in [1.82, 2.24) is 24.8 Å². The highest BCUT2D eigenvalue weighted by atomic mass is 16.5. The zero-order chi connectivity index (χ0) is 29.8. The van der Waals surface area contributed by atoms with Crippen molar-refractivity contribution in [3.8, 4) is 12.1 Å².